The monoisotopic (exact) mass is 277 g/mol. The fourth-order valence-electron chi connectivity index (χ4n) is 2.29. The van der Waals surface area contributed by atoms with Crippen LogP contribution in [0, 0.1) is 0 Å². The van der Waals surface area contributed by atoms with Crippen LogP contribution >= 0.6 is 0 Å². The van der Waals surface area contributed by atoms with Crippen LogP contribution in [0.1, 0.15) is 10.6 Å². The second-order valence-electron chi connectivity index (χ2n) is 4.72. The molecule has 102 valence electrons. The van der Waals surface area contributed by atoms with Gasteiger partial charge in [0.15, 0.2) is 5.76 Å². The molecule has 0 atom stereocenters. The molecule has 5 heteroatoms. The number of benzene rings is 1. The zero-order chi connectivity index (χ0) is 14.2. The van der Waals surface area contributed by atoms with Gasteiger partial charge >= 0.3 is 0 Å². The van der Waals surface area contributed by atoms with E-state index >= 15 is 0 Å². The van der Waals surface area contributed by atoms with Crippen LogP contribution in [0.4, 0.5) is 5.69 Å². The van der Waals surface area contributed by atoms with Gasteiger partial charge in [-0.05, 0) is 30.3 Å². The molecule has 1 N–H and O–H groups in total. The molecule has 4 rings (SSSR count). The molecule has 4 aromatic rings. The summed E-state index contributed by atoms with van der Waals surface area (Å²) in [5.41, 5.74) is 2.32. The number of nitrogens with zero attached hydrogens (tertiary/aromatic N) is 2. The van der Waals surface area contributed by atoms with Gasteiger partial charge in [0.25, 0.3) is 5.91 Å². The van der Waals surface area contributed by atoms with Crippen molar-refractivity contribution in [2.24, 2.45) is 0 Å². The first-order valence-electron chi connectivity index (χ1n) is 6.53. The summed E-state index contributed by atoms with van der Waals surface area (Å²) in [6.45, 7) is 0. The lowest BCUT2D eigenvalue weighted by Crippen LogP contribution is -2.10. The van der Waals surface area contributed by atoms with Gasteiger partial charge in [-0.2, -0.15) is 5.10 Å². The number of para-hydroxylation sites is 1. The lowest BCUT2D eigenvalue weighted by Gasteiger charge is -2.03. The summed E-state index contributed by atoms with van der Waals surface area (Å²) in [5.74, 6) is 0.0275. The van der Waals surface area contributed by atoms with E-state index in [-0.39, 0.29) is 5.91 Å². The molecule has 3 aromatic heterocycles. The number of rotatable bonds is 2. The zero-order valence-corrected chi connectivity index (χ0v) is 11.0. The summed E-state index contributed by atoms with van der Waals surface area (Å²) in [6.07, 6.45) is 3.50. The summed E-state index contributed by atoms with van der Waals surface area (Å²) >= 11 is 0. The number of nitrogens with one attached hydrogen (secondary N) is 1. The number of fused-ring (bicyclic) bond motifs is 2. The Morgan fingerprint density at radius 2 is 2.05 bits per heavy atom. The third-order valence-corrected chi connectivity index (χ3v) is 3.31. The van der Waals surface area contributed by atoms with E-state index in [2.05, 4.69) is 10.4 Å². The summed E-state index contributed by atoms with van der Waals surface area (Å²) in [7, 11) is 0. The predicted octanol–water partition coefficient (Wildman–Crippen LogP) is 3.33. The first kappa shape index (κ1) is 11.7. The first-order chi connectivity index (χ1) is 10.3. The molecular formula is C16H11N3O2. The third kappa shape index (κ3) is 2.04. The number of pyridine rings is 1. The van der Waals surface area contributed by atoms with Crippen molar-refractivity contribution in [2.45, 2.75) is 0 Å². The van der Waals surface area contributed by atoms with Crippen LogP contribution in [-0.2, 0) is 0 Å². The van der Waals surface area contributed by atoms with Crippen LogP contribution in [0.5, 0.6) is 0 Å². The Bertz CT molecular complexity index is 919. The van der Waals surface area contributed by atoms with Crippen molar-refractivity contribution >= 4 is 28.1 Å². The van der Waals surface area contributed by atoms with Crippen molar-refractivity contribution in [1.82, 2.24) is 9.61 Å². The van der Waals surface area contributed by atoms with Crippen molar-refractivity contribution in [3.63, 3.8) is 0 Å². The van der Waals surface area contributed by atoms with Crippen LogP contribution in [0.3, 0.4) is 0 Å². The second kappa shape index (κ2) is 4.49. The van der Waals surface area contributed by atoms with Gasteiger partial charge in [0.2, 0.25) is 0 Å². The van der Waals surface area contributed by atoms with E-state index in [1.165, 1.54) is 0 Å². The van der Waals surface area contributed by atoms with Crippen molar-refractivity contribution in [1.29, 1.82) is 0 Å². The molecule has 0 unspecified atom stereocenters. The molecule has 0 saturated carbocycles. The van der Waals surface area contributed by atoms with E-state index < -0.39 is 0 Å². The van der Waals surface area contributed by atoms with Crippen molar-refractivity contribution in [2.75, 3.05) is 5.32 Å². The molecule has 0 fully saturated rings. The second-order valence-corrected chi connectivity index (χ2v) is 4.72. The lowest BCUT2D eigenvalue weighted by molar-refractivity contribution is 0.0998. The molecule has 21 heavy (non-hydrogen) atoms. The van der Waals surface area contributed by atoms with E-state index in [1.807, 2.05) is 36.4 Å². The van der Waals surface area contributed by atoms with Crippen molar-refractivity contribution < 1.29 is 9.21 Å². The standard InChI is InChI=1S/C16H11N3O2/c20-16(15-9-11-3-1-2-4-14(11)21-15)18-12-6-8-19-13(10-12)5-7-17-19/h1-10H,(H,18,20). The number of carbonyl (C=O) groups is 1. The van der Waals surface area contributed by atoms with Gasteiger partial charge < -0.3 is 9.73 Å². The van der Waals surface area contributed by atoms with Gasteiger partial charge in [-0.15, -0.1) is 0 Å². The van der Waals surface area contributed by atoms with E-state index in [9.17, 15) is 4.79 Å². The number of aromatic nitrogens is 2. The Morgan fingerprint density at radius 1 is 1.14 bits per heavy atom. The molecular weight excluding hydrogens is 266 g/mol. The maximum atomic E-state index is 12.2. The van der Waals surface area contributed by atoms with Crippen LogP contribution in [0.2, 0.25) is 0 Å². The van der Waals surface area contributed by atoms with Gasteiger partial charge in [-0.3, -0.25) is 4.79 Å². The highest BCUT2D eigenvalue weighted by Crippen LogP contribution is 2.20. The van der Waals surface area contributed by atoms with Crippen LogP contribution in [-0.4, -0.2) is 15.5 Å². The summed E-state index contributed by atoms with van der Waals surface area (Å²) in [5, 5.41) is 7.85. The average Bonchev–Trinajstić information content (AvgIpc) is 3.13. The van der Waals surface area contributed by atoms with Crippen molar-refractivity contribution in [3.05, 3.63) is 66.7 Å². The van der Waals surface area contributed by atoms with E-state index in [1.54, 1.807) is 29.0 Å². The number of carbonyl (C=O) groups excluding carboxylic acids is 1. The molecule has 0 aliphatic rings. The minimum Gasteiger partial charge on any atom is -0.451 e. The average molecular weight is 277 g/mol. The van der Waals surface area contributed by atoms with Gasteiger partial charge in [0, 0.05) is 23.5 Å². The Balaban J connectivity index is 1.64. The molecule has 5 nitrogen and oxygen atoms in total. The van der Waals surface area contributed by atoms with Gasteiger partial charge in [0.1, 0.15) is 5.58 Å². The smallest absolute Gasteiger partial charge is 0.291 e. The first-order valence-corrected chi connectivity index (χ1v) is 6.53. The van der Waals surface area contributed by atoms with E-state index in [4.69, 9.17) is 4.42 Å². The molecule has 0 saturated heterocycles. The highest BCUT2D eigenvalue weighted by molar-refractivity contribution is 6.04. The van der Waals surface area contributed by atoms with Crippen LogP contribution in [0.15, 0.2) is 65.3 Å². The predicted molar refractivity (Wildman–Crippen MR) is 79.4 cm³/mol. The zero-order valence-electron chi connectivity index (χ0n) is 11.0. The SMILES string of the molecule is O=C(Nc1ccn2nccc2c1)c1cc2ccccc2o1. The fourth-order valence-corrected chi connectivity index (χ4v) is 2.29. The minimum atomic E-state index is -0.268. The minimum absolute atomic E-state index is 0.268. The Hall–Kier alpha value is -3.08. The van der Waals surface area contributed by atoms with Gasteiger partial charge in [-0.1, -0.05) is 18.2 Å². The van der Waals surface area contributed by atoms with E-state index in [0.29, 0.717) is 17.0 Å². The normalized spacial score (nSPS) is 11.0. The highest BCUT2D eigenvalue weighted by Gasteiger charge is 2.12. The lowest BCUT2D eigenvalue weighted by atomic mass is 10.2. The number of furan rings is 1. The number of anilines is 1. The van der Waals surface area contributed by atoms with Crippen LogP contribution < -0.4 is 5.32 Å². The Labute approximate surface area is 119 Å². The molecule has 0 bridgehead atoms. The quantitative estimate of drug-likeness (QED) is 0.611. The van der Waals surface area contributed by atoms with Crippen LogP contribution in [0.25, 0.3) is 16.5 Å². The molecule has 0 radical (unpaired) electrons. The van der Waals surface area contributed by atoms with Gasteiger partial charge in [-0.25, -0.2) is 4.52 Å². The summed E-state index contributed by atoms with van der Waals surface area (Å²) in [4.78, 5) is 12.2. The fraction of sp³-hybridized carbons (Fsp3) is 0. The number of amides is 1. The molecule has 1 amide bonds. The molecule has 3 heterocycles. The molecule has 0 spiro atoms. The number of hydrogen-bond acceptors (Lipinski definition) is 3. The Kier molecular flexibility index (Phi) is 2.50. The summed E-state index contributed by atoms with van der Waals surface area (Å²) in [6, 6.07) is 14.8. The third-order valence-electron chi connectivity index (χ3n) is 3.31. The molecule has 0 aliphatic carbocycles. The number of hydrogen-bond donors (Lipinski definition) is 1. The maximum Gasteiger partial charge on any atom is 0.291 e. The molecule has 1 aromatic carbocycles. The largest absolute Gasteiger partial charge is 0.451 e. The maximum absolute atomic E-state index is 12.2. The van der Waals surface area contributed by atoms with Gasteiger partial charge in [0.05, 0.1) is 5.52 Å². The van der Waals surface area contributed by atoms with Crippen molar-refractivity contribution in [3.8, 4) is 0 Å². The topological polar surface area (TPSA) is 59.5 Å². The molecule has 0 aliphatic heterocycles. The Morgan fingerprint density at radius 3 is 2.95 bits per heavy atom. The highest BCUT2D eigenvalue weighted by atomic mass is 16.3. The summed E-state index contributed by atoms with van der Waals surface area (Å²) < 4.78 is 7.28. The van der Waals surface area contributed by atoms with E-state index in [0.717, 1.165) is 10.9 Å².